The van der Waals surface area contributed by atoms with E-state index in [0.29, 0.717) is 12.4 Å². The molecule has 6 heteroatoms. The number of aryl methyl sites for hydroxylation is 1. The largest absolute Gasteiger partial charge is 0.394 e. The molecular weight excluding hydrogens is 298 g/mol. The summed E-state index contributed by atoms with van der Waals surface area (Å²) in [5, 5.41) is 16.4. The van der Waals surface area contributed by atoms with Gasteiger partial charge in [0.2, 0.25) is 5.91 Å². The molecule has 22 heavy (non-hydrogen) atoms. The summed E-state index contributed by atoms with van der Waals surface area (Å²) in [4.78, 5) is 12.1. The number of aliphatic hydroxyl groups is 1. The molecule has 2 N–H and O–H groups in total. The van der Waals surface area contributed by atoms with Crippen LogP contribution in [0.1, 0.15) is 12.5 Å². The number of carbonyl (C=O) groups is 1. The van der Waals surface area contributed by atoms with E-state index in [-0.39, 0.29) is 17.8 Å². The maximum atomic E-state index is 12.1. The normalized spacial score (nSPS) is 12.2. The molecular formula is C16H21N3O2S. The molecule has 0 aliphatic carbocycles. The summed E-state index contributed by atoms with van der Waals surface area (Å²) in [6.07, 6.45) is 1.90. The Labute approximate surface area is 134 Å². The fraction of sp³-hybridized carbons (Fsp3) is 0.375. The highest BCUT2D eigenvalue weighted by molar-refractivity contribution is 7.99. The van der Waals surface area contributed by atoms with Gasteiger partial charge in [-0.3, -0.25) is 4.79 Å². The molecule has 2 aromatic rings. The topological polar surface area (TPSA) is 67.2 Å². The van der Waals surface area contributed by atoms with E-state index < -0.39 is 0 Å². The average Bonchev–Trinajstić information content (AvgIpc) is 2.90. The van der Waals surface area contributed by atoms with Crippen molar-refractivity contribution in [3.05, 3.63) is 35.9 Å². The van der Waals surface area contributed by atoms with Gasteiger partial charge in [-0.15, -0.1) is 0 Å². The van der Waals surface area contributed by atoms with Crippen molar-refractivity contribution in [1.29, 1.82) is 0 Å². The lowest BCUT2D eigenvalue weighted by molar-refractivity contribution is -0.115. The number of rotatable bonds is 6. The molecule has 0 saturated heterocycles. The van der Waals surface area contributed by atoms with E-state index in [1.165, 1.54) is 11.8 Å². The van der Waals surface area contributed by atoms with E-state index in [9.17, 15) is 9.90 Å². The van der Waals surface area contributed by atoms with Gasteiger partial charge in [0.05, 0.1) is 24.1 Å². The Bertz CT molecular complexity index is 655. The van der Waals surface area contributed by atoms with E-state index >= 15 is 0 Å². The monoisotopic (exact) mass is 319 g/mol. The van der Waals surface area contributed by atoms with Crippen LogP contribution in [0.25, 0.3) is 11.3 Å². The molecule has 1 heterocycles. The van der Waals surface area contributed by atoms with Gasteiger partial charge in [0.25, 0.3) is 0 Å². The number of aromatic nitrogens is 2. The molecule has 5 nitrogen and oxygen atoms in total. The van der Waals surface area contributed by atoms with Crippen LogP contribution in [0.2, 0.25) is 0 Å². The fourth-order valence-electron chi connectivity index (χ4n) is 2.11. The number of nitrogens with one attached hydrogen (secondary N) is 1. The zero-order valence-electron chi connectivity index (χ0n) is 13.0. The first-order valence-electron chi connectivity index (χ1n) is 7.15. The van der Waals surface area contributed by atoms with Gasteiger partial charge < -0.3 is 10.4 Å². The molecule has 0 bridgehead atoms. The smallest absolute Gasteiger partial charge is 0.238 e. The predicted molar refractivity (Wildman–Crippen MR) is 91.1 cm³/mol. The quantitative estimate of drug-likeness (QED) is 0.858. The molecule has 1 aromatic carbocycles. The maximum Gasteiger partial charge on any atom is 0.238 e. The first-order chi connectivity index (χ1) is 10.6. The molecule has 118 valence electrons. The number of amides is 1. The zero-order valence-corrected chi connectivity index (χ0v) is 13.9. The van der Waals surface area contributed by atoms with E-state index in [0.717, 1.165) is 16.8 Å². The van der Waals surface area contributed by atoms with Crippen molar-refractivity contribution >= 4 is 23.5 Å². The lowest BCUT2D eigenvalue weighted by atomic mass is 10.1. The molecule has 0 radical (unpaired) electrons. The van der Waals surface area contributed by atoms with Crippen molar-refractivity contribution in [2.75, 3.05) is 18.2 Å². The zero-order chi connectivity index (χ0) is 16.1. The Morgan fingerprint density at radius 2 is 2.18 bits per heavy atom. The SMILES string of the molecule is CSC(C)C(=O)Nc1cc(-c2ccccc2C)nn1CCO. The molecule has 1 amide bonds. The minimum absolute atomic E-state index is 0.0319. The van der Waals surface area contributed by atoms with Gasteiger partial charge in [0.15, 0.2) is 0 Å². The van der Waals surface area contributed by atoms with Crippen LogP contribution >= 0.6 is 11.8 Å². The van der Waals surface area contributed by atoms with Gasteiger partial charge in [0.1, 0.15) is 5.82 Å². The lowest BCUT2D eigenvalue weighted by Gasteiger charge is -2.10. The van der Waals surface area contributed by atoms with Crippen LogP contribution in [0.4, 0.5) is 5.82 Å². The lowest BCUT2D eigenvalue weighted by Crippen LogP contribution is -2.24. The van der Waals surface area contributed by atoms with Gasteiger partial charge in [-0.25, -0.2) is 4.68 Å². The van der Waals surface area contributed by atoms with Crippen molar-refractivity contribution in [3.63, 3.8) is 0 Å². The Balaban J connectivity index is 2.34. The number of carbonyl (C=O) groups excluding carboxylic acids is 1. The van der Waals surface area contributed by atoms with Crippen LogP contribution in [-0.2, 0) is 11.3 Å². The first-order valence-corrected chi connectivity index (χ1v) is 8.44. The van der Waals surface area contributed by atoms with Crippen LogP contribution in [0.5, 0.6) is 0 Å². The molecule has 0 aliphatic heterocycles. The number of aliphatic hydroxyl groups excluding tert-OH is 1. The molecule has 1 atom stereocenters. The second-order valence-corrected chi connectivity index (χ2v) is 6.22. The highest BCUT2D eigenvalue weighted by Gasteiger charge is 2.16. The van der Waals surface area contributed by atoms with Crippen LogP contribution in [0.15, 0.2) is 30.3 Å². The molecule has 2 rings (SSSR count). The van der Waals surface area contributed by atoms with E-state index in [1.54, 1.807) is 4.68 Å². The van der Waals surface area contributed by atoms with Crippen molar-refractivity contribution in [3.8, 4) is 11.3 Å². The number of nitrogens with zero attached hydrogens (tertiary/aromatic N) is 2. The fourth-order valence-corrected chi connectivity index (χ4v) is 2.38. The summed E-state index contributed by atoms with van der Waals surface area (Å²) in [6.45, 7) is 4.19. The number of hydrogen-bond donors (Lipinski definition) is 2. The summed E-state index contributed by atoms with van der Waals surface area (Å²) in [5.74, 6) is 0.543. The number of hydrogen-bond acceptors (Lipinski definition) is 4. The molecule has 0 fully saturated rings. The minimum Gasteiger partial charge on any atom is -0.394 e. The van der Waals surface area contributed by atoms with Crippen molar-refractivity contribution in [2.24, 2.45) is 0 Å². The second kappa shape index (κ2) is 7.47. The van der Waals surface area contributed by atoms with Gasteiger partial charge in [0, 0.05) is 11.6 Å². The van der Waals surface area contributed by atoms with Crippen LogP contribution < -0.4 is 5.32 Å². The van der Waals surface area contributed by atoms with Gasteiger partial charge >= 0.3 is 0 Å². The maximum absolute atomic E-state index is 12.1. The van der Waals surface area contributed by atoms with Crippen molar-refractivity contribution < 1.29 is 9.90 Å². The molecule has 1 unspecified atom stereocenters. The standard InChI is InChI=1S/C16H21N3O2S/c1-11-6-4-5-7-13(11)14-10-15(19(18-14)8-9-20)17-16(21)12(2)22-3/h4-7,10,12,20H,8-9H2,1-3H3,(H,17,21). The van der Waals surface area contributed by atoms with Gasteiger partial charge in [-0.05, 0) is 25.7 Å². The summed E-state index contributed by atoms with van der Waals surface area (Å²) in [6, 6.07) is 9.81. The van der Waals surface area contributed by atoms with Crippen molar-refractivity contribution in [2.45, 2.75) is 25.6 Å². The van der Waals surface area contributed by atoms with E-state index in [1.807, 2.05) is 50.4 Å². The third kappa shape index (κ3) is 3.69. The van der Waals surface area contributed by atoms with Crippen molar-refractivity contribution in [1.82, 2.24) is 9.78 Å². The Hall–Kier alpha value is -1.79. The molecule has 0 aliphatic rings. The summed E-state index contributed by atoms with van der Waals surface area (Å²) in [5.41, 5.74) is 2.93. The number of benzene rings is 1. The Kier molecular flexibility index (Phi) is 5.63. The highest BCUT2D eigenvalue weighted by atomic mass is 32.2. The van der Waals surface area contributed by atoms with Crippen LogP contribution in [-0.4, -0.2) is 38.9 Å². The predicted octanol–water partition coefficient (Wildman–Crippen LogP) is 2.54. The average molecular weight is 319 g/mol. The minimum atomic E-state index is -0.139. The number of anilines is 1. The van der Waals surface area contributed by atoms with Crippen LogP contribution in [0.3, 0.4) is 0 Å². The van der Waals surface area contributed by atoms with Gasteiger partial charge in [-0.2, -0.15) is 16.9 Å². The van der Waals surface area contributed by atoms with E-state index in [4.69, 9.17) is 0 Å². The summed E-state index contributed by atoms with van der Waals surface area (Å²) >= 11 is 1.49. The summed E-state index contributed by atoms with van der Waals surface area (Å²) < 4.78 is 1.63. The third-order valence-electron chi connectivity index (χ3n) is 3.49. The first kappa shape index (κ1) is 16.6. The highest BCUT2D eigenvalue weighted by Crippen LogP contribution is 2.25. The molecule has 0 saturated carbocycles. The molecule has 0 spiro atoms. The molecule has 1 aromatic heterocycles. The van der Waals surface area contributed by atoms with Crippen LogP contribution in [0, 0.1) is 6.92 Å². The Morgan fingerprint density at radius 3 is 2.82 bits per heavy atom. The van der Waals surface area contributed by atoms with Gasteiger partial charge in [-0.1, -0.05) is 24.3 Å². The van der Waals surface area contributed by atoms with E-state index in [2.05, 4.69) is 10.4 Å². The number of thioether (sulfide) groups is 1. The second-order valence-electron chi connectivity index (χ2n) is 5.04. The summed E-state index contributed by atoms with van der Waals surface area (Å²) in [7, 11) is 0. The Morgan fingerprint density at radius 1 is 1.45 bits per heavy atom. The third-order valence-corrected chi connectivity index (χ3v) is 4.41.